The topological polar surface area (TPSA) is 32.3 Å². The minimum Gasteiger partial charge on any atom is -0.326 e. The molecule has 1 aliphatic rings. The van der Waals surface area contributed by atoms with Gasteiger partial charge in [-0.1, -0.05) is 0 Å². The first-order valence-corrected chi connectivity index (χ1v) is 5.17. The highest BCUT2D eigenvalue weighted by atomic mass is 19.4. The van der Waals surface area contributed by atoms with Crippen LogP contribution < -0.4 is 5.32 Å². The van der Waals surface area contributed by atoms with Crippen LogP contribution in [0.25, 0.3) is 0 Å². The van der Waals surface area contributed by atoms with E-state index in [0.717, 1.165) is 0 Å². The van der Waals surface area contributed by atoms with Gasteiger partial charge in [0.25, 0.3) is 5.91 Å². The number of nitrogens with one attached hydrogen (secondary N) is 1. The largest absolute Gasteiger partial charge is 0.406 e. The fourth-order valence-electron chi connectivity index (χ4n) is 1.82. The van der Waals surface area contributed by atoms with Crippen molar-refractivity contribution in [1.29, 1.82) is 0 Å². The summed E-state index contributed by atoms with van der Waals surface area (Å²) in [5, 5.41) is 2.89. The third kappa shape index (κ3) is 4.45. The Morgan fingerprint density at radius 3 is 2.24 bits per heavy atom. The highest BCUT2D eigenvalue weighted by Gasteiger charge is 2.39. The Labute approximate surface area is 95.0 Å². The first-order valence-electron chi connectivity index (χ1n) is 5.17. The van der Waals surface area contributed by atoms with Crippen molar-refractivity contribution in [2.24, 2.45) is 0 Å². The van der Waals surface area contributed by atoms with Crippen LogP contribution in [-0.2, 0) is 4.79 Å². The predicted octanol–water partition coefficient (Wildman–Crippen LogP) is 1.39. The molecule has 1 fully saturated rings. The lowest BCUT2D eigenvalue weighted by Crippen LogP contribution is -2.51. The molecule has 1 heterocycles. The number of carbonyl (C=O) groups is 1. The lowest BCUT2D eigenvalue weighted by molar-refractivity contribution is -0.173. The van der Waals surface area contributed by atoms with Crippen molar-refractivity contribution >= 4 is 5.91 Å². The van der Waals surface area contributed by atoms with E-state index in [1.165, 1.54) is 0 Å². The van der Waals surface area contributed by atoms with Crippen LogP contribution in [0.4, 0.5) is 22.0 Å². The molecule has 100 valence electrons. The van der Waals surface area contributed by atoms with Gasteiger partial charge >= 0.3 is 12.6 Å². The van der Waals surface area contributed by atoms with Crippen LogP contribution in [0, 0.1) is 0 Å². The predicted molar refractivity (Wildman–Crippen MR) is 49.7 cm³/mol. The third-order valence-corrected chi connectivity index (χ3v) is 2.57. The van der Waals surface area contributed by atoms with Gasteiger partial charge in [-0.3, -0.25) is 4.79 Å². The number of rotatable bonds is 3. The van der Waals surface area contributed by atoms with Crippen LogP contribution in [0.2, 0.25) is 0 Å². The van der Waals surface area contributed by atoms with Gasteiger partial charge in [0.2, 0.25) is 0 Å². The second-order valence-electron chi connectivity index (χ2n) is 3.86. The number of amides is 1. The summed E-state index contributed by atoms with van der Waals surface area (Å²) in [7, 11) is 0. The summed E-state index contributed by atoms with van der Waals surface area (Å²) >= 11 is 0. The smallest absolute Gasteiger partial charge is 0.326 e. The fraction of sp³-hybridized carbons (Fsp3) is 0.889. The summed E-state index contributed by atoms with van der Waals surface area (Å²) in [4.78, 5) is 11.3. The van der Waals surface area contributed by atoms with E-state index in [-0.39, 0.29) is 17.7 Å². The number of piperidine rings is 1. The van der Waals surface area contributed by atoms with E-state index in [0.29, 0.717) is 13.1 Å². The number of nitrogens with zero attached hydrogens (tertiary/aromatic N) is 1. The normalized spacial score (nSPS) is 18.5. The number of alkyl halides is 5. The standard InChI is InChI=1S/C9H13F5N2O/c10-7(11)8(17)16(5-9(12,13)14)6-1-3-15-4-2-6/h6-7,15H,1-5H2. The Kier molecular flexibility index (Phi) is 4.67. The third-order valence-electron chi connectivity index (χ3n) is 2.57. The van der Waals surface area contributed by atoms with Crippen LogP contribution in [0.5, 0.6) is 0 Å². The first kappa shape index (κ1) is 14.1. The Morgan fingerprint density at radius 2 is 1.82 bits per heavy atom. The molecule has 17 heavy (non-hydrogen) atoms. The zero-order valence-electron chi connectivity index (χ0n) is 8.94. The average Bonchev–Trinajstić information content (AvgIpc) is 2.25. The van der Waals surface area contributed by atoms with Crippen molar-refractivity contribution < 1.29 is 26.7 Å². The molecular formula is C9H13F5N2O. The summed E-state index contributed by atoms with van der Waals surface area (Å²) in [6.07, 6.45) is -7.54. The summed E-state index contributed by atoms with van der Waals surface area (Å²) < 4.78 is 61.2. The lowest BCUT2D eigenvalue weighted by Gasteiger charge is -2.34. The van der Waals surface area contributed by atoms with E-state index in [4.69, 9.17) is 0 Å². The summed E-state index contributed by atoms with van der Waals surface area (Å²) in [6, 6.07) is -0.764. The molecule has 0 radical (unpaired) electrons. The van der Waals surface area contributed by atoms with E-state index in [1.54, 1.807) is 0 Å². The van der Waals surface area contributed by atoms with Crippen LogP contribution in [0.15, 0.2) is 0 Å². The molecule has 8 heteroatoms. The molecule has 1 rings (SSSR count). The van der Waals surface area contributed by atoms with Crippen molar-refractivity contribution in [3.8, 4) is 0 Å². The molecule has 0 aromatic heterocycles. The van der Waals surface area contributed by atoms with E-state index in [9.17, 15) is 26.7 Å². The molecule has 3 nitrogen and oxygen atoms in total. The van der Waals surface area contributed by atoms with E-state index in [1.807, 2.05) is 0 Å². The number of carbonyl (C=O) groups excluding carboxylic acids is 1. The zero-order chi connectivity index (χ0) is 13.1. The summed E-state index contributed by atoms with van der Waals surface area (Å²) in [5.41, 5.74) is 0. The van der Waals surface area contributed by atoms with Gasteiger partial charge in [0.15, 0.2) is 0 Å². The SMILES string of the molecule is O=C(C(F)F)N(CC(F)(F)F)C1CCNCC1. The van der Waals surface area contributed by atoms with Crippen LogP contribution >= 0.6 is 0 Å². The Bertz CT molecular complexity index is 263. The maximum Gasteiger partial charge on any atom is 0.406 e. The average molecular weight is 260 g/mol. The van der Waals surface area contributed by atoms with Gasteiger partial charge in [0.05, 0.1) is 0 Å². The van der Waals surface area contributed by atoms with E-state index >= 15 is 0 Å². The molecule has 1 aliphatic heterocycles. The molecule has 0 aliphatic carbocycles. The zero-order valence-corrected chi connectivity index (χ0v) is 8.94. The van der Waals surface area contributed by atoms with Gasteiger partial charge in [-0.2, -0.15) is 22.0 Å². The fourth-order valence-corrected chi connectivity index (χ4v) is 1.82. The Balaban J connectivity index is 2.73. The molecule has 0 aromatic carbocycles. The molecule has 0 spiro atoms. The highest BCUT2D eigenvalue weighted by molar-refractivity contribution is 5.79. The summed E-state index contributed by atoms with van der Waals surface area (Å²) in [6.45, 7) is -0.758. The van der Waals surface area contributed by atoms with Gasteiger partial charge < -0.3 is 10.2 Å². The molecule has 0 bridgehead atoms. The maximum atomic E-state index is 12.2. The van der Waals surface area contributed by atoms with Gasteiger partial charge in [0.1, 0.15) is 6.54 Å². The van der Waals surface area contributed by atoms with Crippen molar-refractivity contribution in [3.63, 3.8) is 0 Å². The van der Waals surface area contributed by atoms with Crippen molar-refractivity contribution in [3.05, 3.63) is 0 Å². The molecule has 1 amide bonds. The molecule has 1 N–H and O–H groups in total. The van der Waals surface area contributed by atoms with Gasteiger partial charge in [-0.25, -0.2) is 0 Å². The lowest BCUT2D eigenvalue weighted by atomic mass is 10.0. The number of hydrogen-bond donors (Lipinski definition) is 1. The minimum absolute atomic E-state index is 0.255. The van der Waals surface area contributed by atoms with Crippen molar-refractivity contribution in [1.82, 2.24) is 10.2 Å². The molecular weight excluding hydrogens is 247 g/mol. The number of hydrogen-bond acceptors (Lipinski definition) is 2. The van der Waals surface area contributed by atoms with Gasteiger partial charge in [-0.15, -0.1) is 0 Å². The van der Waals surface area contributed by atoms with E-state index < -0.39 is 31.1 Å². The molecule has 1 saturated heterocycles. The summed E-state index contributed by atoms with van der Waals surface area (Å²) in [5.74, 6) is -1.74. The maximum absolute atomic E-state index is 12.2. The first-order chi connectivity index (χ1) is 7.81. The van der Waals surface area contributed by atoms with Crippen LogP contribution in [0.1, 0.15) is 12.8 Å². The van der Waals surface area contributed by atoms with Crippen molar-refractivity contribution in [2.75, 3.05) is 19.6 Å². The molecule has 0 saturated carbocycles. The monoisotopic (exact) mass is 260 g/mol. The molecule has 0 unspecified atom stereocenters. The second kappa shape index (κ2) is 5.61. The quantitative estimate of drug-likeness (QED) is 0.778. The van der Waals surface area contributed by atoms with Gasteiger partial charge in [-0.05, 0) is 25.9 Å². The van der Waals surface area contributed by atoms with Crippen LogP contribution in [0.3, 0.4) is 0 Å². The minimum atomic E-state index is -4.66. The molecule has 0 aromatic rings. The molecule has 0 atom stereocenters. The Morgan fingerprint density at radius 1 is 1.29 bits per heavy atom. The highest BCUT2D eigenvalue weighted by Crippen LogP contribution is 2.22. The number of halogens is 5. The van der Waals surface area contributed by atoms with E-state index in [2.05, 4.69) is 5.32 Å². The van der Waals surface area contributed by atoms with Crippen molar-refractivity contribution in [2.45, 2.75) is 31.5 Å². The van der Waals surface area contributed by atoms with Crippen LogP contribution in [-0.4, -0.2) is 49.1 Å². The second-order valence-corrected chi connectivity index (χ2v) is 3.86. The Hall–Kier alpha value is -0.920. The van der Waals surface area contributed by atoms with Gasteiger partial charge in [0, 0.05) is 6.04 Å².